The van der Waals surface area contributed by atoms with Crippen LogP contribution in [0.5, 0.6) is 0 Å². The average molecular weight is 347 g/mol. The number of hydrogen-bond acceptors (Lipinski definition) is 4. The zero-order chi connectivity index (χ0) is 15.5. The quantitative estimate of drug-likeness (QED) is 0.871. The molecule has 3 N–H and O–H groups in total. The fourth-order valence-electron chi connectivity index (χ4n) is 2.66. The molecule has 0 aliphatic heterocycles. The van der Waals surface area contributed by atoms with Crippen molar-refractivity contribution in [2.45, 2.75) is 42.5 Å². The molecule has 0 radical (unpaired) electrons. The van der Waals surface area contributed by atoms with Crippen molar-refractivity contribution in [1.29, 1.82) is 0 Å². The van der Waals surface area contributed by atoms with Gasteiger partial charge in [-0.05, 0) is 31.0 Å². The highest BCUT2D eigenvalue weighted by Crippen LogP contribution is 2.25. The zero-order valence-electron chi connectivity index (χ0n) is 12.7. The second kappa shape index (κ2) is 7.44. The third kappa shape index (κ3) is 4.97. The molecule has 1 aliphatic rings. The Bertz CT molecular complexity index is 625. The summed E-state index contributed by atoms with van der Waals surface area (Å²) in [6.07, 6.45) is 6.34. The molecule has 1 aromatic carbocycles. The van der Waals surface area contributed by atoms with Crippen molar-refractivity contribution in [3.63, 3.8) is 0 Å². The van der Waals surface area contributed by atoms with E-state index in [1.165, 1.54) is 18.6 Å². The maximum absolute atomic E-state index is 12.1. The predicted molar refractivity (Wildman–Crippen MR) is 89.1 cm³/mol. The van der Waals surface area contributed by atoms with Gasteiger partial charge in [-0.25, -0.2) is 8.42 Å². The molecule has 5 nitrogen and oxygen atoms in total. The molecule has 1 amide bonds. The van der Waals surface area contributed by atoms with Crippen LogP contribution >= 0.6 is 12.4 Å². The molecular formula is C15H23ClN2O3S. The smallest absolute Gasteiger partial charge is 0.251 e. The van der Waals surface area contributed by atoms with E-state index in [1.807, 2.05) is 0 Å². The van der Waals surface area contributed by atoms with Gasteiger partial charge in [0.1, 0.15) is 0 Å². The molecule has 0 unspecified atom stereocenters. The van der Waals surface area contributed by atoms with E-state index in [9.17, 15) is 13.2 Å². The van der Waals surface area contributed by atoms with Crippen molar-refractivity contribution < 1.29 is 13.2 Å². The Morgan fingerprint density at radius 3 is 2.50 bits per heavy atom. The Kier molecular flexibility index (Phi) is 6.40. The second-order valence-corrected chi connectivity index (χ2v) is 7.92. The summed E-state index contributed by atoms with van der Waals surface area (Å²) in [5.41, 5.74) is 6.29. The first kappa shape index (κ1) is 18.9. The average Bonchev–Trinajstić information content (AvgIpc) is 2.45. The van der Waals surface area contributed by atoms with Crippen LogP contribution in [-0.4, -0.2) is 32.7 Å². The van der Waals surface area contributed by atoms with E-state index in [1.54, 1.807) is 12.1 Å². The Labute approximate surface area is 138 Å². The number of nitrogens with two attached hydrogens (primary N) is 1. The number of benzene rings is 1. The predicted octanol–water partition coefficient (Wildman–Crippen LogP) is 1.90. The van der Waals surface area contributed by atoms with Crippen molar-refractivity contribution in [2.24, 2.45) is 5.73 Å². The normalized spacial score (nSPS) is 17.4. The third-order valence-corrected chi connectivity index (χ3v) is 5.08. The molecule has 0 atom stereocenters. The Balaban J connectivity index is 0.00000242. The molecule has 0 aromatic heterocycles. The lowest BCUT2D eigenvalue weighted by molar-refractivity contribution is 0.0937. The maximum Gasteiger partial charge on any atom is 0.251 e. The minimum absolute atomic E-state index is 0. The lowest BCUT2D eigenvalue weighted by Gasteiger charge is -2.33. The number of carbonyl (C=O) groups is 1. The van der Waals surface area contributed by atoms with E-state index in [2.05, 4.69) is 5.32 Å². The van der Waals surface area contributed by atoms with E-state index in [0.717, 1.165) is 31.9 Å². The number of nitrogens with one attached hydrogen (secondary N) is 1. The van der Waals surface area contributed by atoms with Crippen LogP contribution < -0.4 is 11.1 Å². The van der Waals surface area contributed by atoms with E-state index in [4.69, 9.17) is 5.73 Å². The summed E-state index contributed by atoms with van der Waals surface area (Å²) in [7, 11) is -3.31. The number of halogens is 1. The first-order valence-corrected chi connectivity index (χ1v) is 9.07. The largest absolute Gasteiger partial charge is 0.350 e. The van der Waals surface area contributed by atoms with Gasteiger partial charge in [-0.3, -0.25) is 4.79 Å². The van der Waals surface area contributed by atoms with Crippen LogP contribution in [0.15, 0.2) is 29.2 Å². The SMILES string of the molecule is CS(=O)(=O)c1cccc(C(=O)NCC2(N)CCCCC2)c1.Cl. The Morgan fingerprint density at radius 1 is 1.27 bits per heavy atom. The lowest BCUT2D eigenvalue weighted by atomic mass is 9.82. The van der Waals surface area contributed by atoms with Crippen LogP contribution in [0, 0.1) is 0 Å². The Hall–Kier alpha value is -1.11. The molecule has 0 heterocycles. The summed E-state index contributed by atoms with van der Waals surface area (Å²) in [5.74, 6) is -0.282. The molecule has 1 aromatic rings. The van der Waals surface area contributed by atoms with Gasteiger partial charge in [0.05, 0.1) is 4.90 Å². The van der Waals surface area contributed by atoms with Gasteiger partial charge in [-0.2, -0.15) is 0 Å². The Morgan fingerprint density at radius 2 is 1.91 bits per heavy atom. The minimum atomic E-state index is -3.31. The summed E-state index contributed by atoms with van der Waals surface area (Å²) in [6.45, 7) is 0.426. The highest BCUT2D eigenvalue weighted by molar-refractivity contribution is 7.90. The number of sulfone groups is 1. The van der Waals surface area contributed by atoms with Crippen molar-refractivity contribution in [1.82, 2.24) is 5.32 Å². The van der Waals surface area contributed by atoms with Crippen LogP contribution in [0.25, 0.3) is 0 Å². The van der Waals surface area contributed by atoms with E-state index < -0.39 is 9.84 Å². The molecular weight excluding hydrogens is 324 g/mol. The molecule has 0 bridgehead atoms. The highest BCUT2D eigenvalue weighted by Gasteiger charge is 2.27. The van der Waals surface area contributed by atoms with Gasteiger partial charge < -0.3 is 11.1 Å². The number of carbonyl (C=O) groups excluding carboxylic acids is 1. The maximum atomic E-state index is 12.1. The summed E-state index contributed by atoms with van der Waals surface area (Å²) >= 11 is 0. The molecule has 1 fully saturated rings. The van der Waals surface area contributed by atoms with Crippen LogP contribution in [-0.2, 0) is 9.84 Å². The molecule has 0 spiro atoms. The molecule has 1 saturated carbocycles. The van der Waals surface area contributed by atoms with E-state index in [-0.39, 0.29) is 28.7 Å². The van der Waals surface area contributed by atoms with Crippen molar-refractivity contribution in [3.05, 3.63) is 29.8 Å². The molecule has 124 valence electrons. The first-order chi connectivity index (χ1) is 9.80. The summed E-state index contributed by atoms with van der Waals surface area (Å²) < 4.78 is 23.0. The summed E-state index contributed by atoms with van der Waals surface area (Å²) in [5, 5.41) is 2.83. The highest BCUT2D eigenvalue weighted by atomic mass is 35.5. The van der Waals surface area contributed by atoms with E-state index >= 15 is 0 Å². The fraction of sp³-hybridized carbons (Fsp3) is 0.533. The number of rotatable bonds is 4. The molecule has 22 heavy (non-hydrogen) atoms. The van der Waals surface area contributed by atoms with Gasteiger partial charge in [0.2, 0.25) is 0 Å². The first-order valence-electron chi connectivity index (χ1n) is 7.17. The van der Waals surface area contributed by atoms with Crippen LogP contribution in [0.4, 0.5) is 0 Å². The van der Waals surface area contributed by atoms with Crippen LogP contribution in [0.3, 0.4) is 0 Å². The fourth-order valence-corrected chi connectivity index (χ4v) is 3.33. The van der Waals surface area contributed by atoms with Gasteiger partial charge in [-0.1, -0.05) is 25.3 Å². The van der Waals surface area contributed by atoms with Crippen LogP contribution in [0.1, 0.15) is 42.5 Å². The topological polar surface area (TPSA) is 89.3 Å². The van der Waals surface area contributed by atoms with Gasteiger partial charge in [0.25, 0.3) is 5.91 Å². The van der Waals surface area contributed by atoms with E-state index in [0.29, 0.717) is 12.1 Å². The van der Waals surface area contributed by atoms with Crippen molar-refractivity contribution in [2.75, 3.05) is 12.8 Å². The second-order valence-electron chi connectivity index (χ2n) is 5.91. The molecule has 7 heteroatoms. The molecule has 1 aliphatic carbocycles. The number of hydrogen-bond donors (Lipinski definition) is 2. The number of amides is 1. The zero-order valence-corrected chi connectivity index (χ0v) is 14.3. The lowest BCUT2D eigenvalue weighted by Crippen LogP contribution is -2.51. The van der Waals surface area contributed by atoms with Gasteiger partial charge >= 0.3 is 0 Å². The monoisotopic (exact) mass is 346 g/mol. The van der Waals surface area contributed by atoms with Crippen molar-refractivity contribution >= 4 is 28.2 Å². The standard InChI is InChI=1S/C15H22N2O3S.ClH/c1-21(19,20)13-7-5-6-12(10-13)14(18)17-11-15(16)8-3-2-4-9-15;/h5-7,10H,2-4,8-9,11,16H2,1H3,(H,17,18);1H. The molecule has 0 saturated heterocycles. The summed E-state index contributed by atoms with van der Waals surface area (Å²) in [6, 6.07) is 6.06. The van der Waals surface area contributed by atoms with Crippen molar-refractivity contribution in [3.8, 4) is 0 Å². The minimum Gasteiger partial charge on any atom is -0.350 e. The van der Waals surface area contributed by atoms with Gasteiger partial charge in [-0.15, -0.1) is 12.4 Å². The third-order valence-electron chi connectivity index (χ3n) is 3.97. The van der Waals surface area contributed by atoms with Gasteiger partial charge in [0.15, 0.2) is 9.84 Å². The van der Waals surface area contributed by atoms with Crippen LogP contribution in [0.2, 0.25) is 0 Å². The van der Waals surface area contributed by atoms with Gasteiger partial charge in [0, 0.05) is 23.9 Å². The summed E-state index contributed by atoms with van der Waals surface area (Å²) in [4.78, 5) is 12.3. The molecule has 2 rings (SSSR count).